The second-order valence-corrected chi connectivity index (χ2v) is 7.87. The maximum Gasteiger partial charge on any atom is 0.194 e. The summed E-state index contributed by atoms with van der Waals surface area (Å²) in [6.07, 6.45) is 0. The average Bonchev–Trinajstić information content (AvgIpc) is 3.14. The second kappa shape index (κ2) is 11.0. The van der Waals surface area contributed by atoms with Gasteiger partial charge in [0.25, 0.3) is 0 Å². The van der Waals surface area contributed by atoms with Crippen LogP contribution < -0.4 is 5.32 Å². The zero-order valence-corrected chi connectivity index (χ0v) is 19.5. The summed E-state index contributed by atoms with van der Waals surface area (Å²) >= 11 is 1.74. The van der Waals surface area contributed by atoms with Crippen molar-refractivity contribution in [1.82, 2.24) is 20.1 Å². The van der Waals surface area contributed by atoms with Crippen molar-refractivity contribution >= 4 is 41.3 Å². The molecule has 0 bridgehead atoms. The normalized spacial score (nSPS) is 15.7. The number of halogens is 1. The Morgan fingerprint density at radius 2 is 1.89 bits per heavy atom. The van der Waals surface area contributed by atoms with Crippen molar-refractivity contribution in [2.75, 3.05) is 33.2 Å². The summed E-state index contributed by atoms with van der Waals surface area (Å²) in [6, 6.07) is 10.7. The fraction of sp³-hybridized carbons (Fsp3) is 0.500. The van der Waals surface area contributed by atoms with Crippen LogP contribution >= 0.6 is 35.3 Å². The SMILES string of the molecule is CN=C(NCc1csc(C(C)C)n1)N1CCN(Cc2ccccc2)CC1.I. The van der Waals surface area contributed by atoms with Gasteiger partial charge in [0.2, 0.25) is 0 Å². The summed E-state index contributed by atoms with van der Waals surface area (Å²) in [7, 11) is 1.86. The third-order valence-corrected chi connectivity index (χ3v) is 5.82. The van der Waals surface area contributed by atoms with Gasteiger partial charge in [0, 0.05) is 51.1 Å². The lowest BCUT2D eigenvalue weighted by molar-refractivity contribution is 0.172. The van der Waals surface area contributed by atoms with Crippen molar-refractivity contribution in [3.8, 4) is 0 Å². The quantitative estimate of drug-likeness (QED) is 0.387. The van der Waals surface area contributed by atoms with Gasteiger partial charge in [-0.25, -0.2) is 4.98 Å². The summed E-state index contributed by atoms with van der Waals surface area (Å²) in [4.78, 5) is 14.0. The molecule has 1 fully saturated rings. The van der Waals surface area contributed by atoms with E-state index in [1.165, 1.54) is 10.6 Å². The molecule has 27 heavy (non-hydrogen) atoms. The molecule has 5 nitrogen and oxygen atoms in total. The molecule has 1 aromatic heterocycles. The number of benzene rings is 1. The van der Waals surface area contributed by atoms with Gasteiger partial charge in [-0.3, -0.25) is 9.89 Å². The molecule has 0 unspecified atom stereocenters. The van der Waals surface area contributed by atoms with Crippen LogP contribution in [-0.4, -0.2) is 54.0 Å². The van der Waals surface area contributed by atoms with Crippen molar-refractivity contribution < 1.29 is 0 Å². The number of hydrogen-bond donors (Lipinski definition) is 1. The number of rotatable bonds is 5. The number of aromatic nitrogens is 1. The lowest BCUT2D eigenvalue weighted by atomic mass is 10.2. The number of hydrogen-bond acceptors (Lipinski definition) is 4. The highest BCUT2D eigenvalue weighted by Gasteiger charge is 2.19. The first-order valence-electron chi connectivity index (χ1n) is 9.32. The molecule has 1 saturated heterocycles. The standard InChI is InChI=1S/C20H29N5S.HI/c1-16(2)19-23-18(15-26-19)13-22-20(21-3)25-11-9-24(10-12-25)14-17-7-5-4-6-8-17;/h4-8,15-16H,9-14H2,1-3H3,(H,21,22);1H. The van der Waals surface area contributed by atoms with E-state index in [4.69, 9.17) is 4.98 Å². The van der Waals surface area contributed by atoms with Crippen LogP contribution in [0.2, 0.25) is 0 Å². The van der Waals surface area contributed by atoms with E-state index >= 15 is 0 Å². The molecule has 3 rings (SSSR count). The first kappa shape index (κ1) is 22.1. The zero-order chi connectivity index (χ0) is 18.4. The molecule has 1 N–H and O–H groups in total. The summed E-state index contributed by atoms with van der Waals surface area (Å²) in [5.41, 5.74) is 2.48. The minimum absolute atomic E-state index is 0. The summed E-state index contributed by atoms with van der Waals surface area (Å²) in [5, 5.41) is 6.82. The molecule has 7 heteroatoms. The summed E-state index contributed by atoms with van der Waals surface area (Å²) < 4.78 is 0. The molecule has 0 amide bonds. The van der Waals surface area contributed by atoms with Crippen LogP contribution in [0, 0.1) is 0 Å². The van der Waals surface area contributed by atoms with Gasteiger partial charge in [-0.1, -0.05) is 44.2 Å². The third-order valence-electron chi connectivity index (χ3n) is 4.62. The summed E-state index contributed by atoms with van der Waals surface area (Å²) in [6.45, 7) is 10.3. The molecule has 2 aromatic rings. The van der Waals surface area contributed by atoms with Crippen molar-refractivity contribution in [1.29, 1.82) is 0 Å². The molecule has 0 spiro atoms. The number of guanidine groups is 1. The maximum absolute atomic E-state index is 4.69. The number of aliphatic imine (C=N–C) groups is 1. The van der Waals surface area contributed by atoms with E-state index in [0.717, 1.165) is 50.9 Å². The minimum atomic E-state index is 0. The van der Waals surface area contributed by atoms with Crippen molar-refractivity contribution in [2.24, 2.45) is 4.99 Å². The van der Waals surface area contributed by atoms with Crippen LogP contribution in [0.1, 0.15) is 36.0 Å². The van der Waals surface area contributed by atoms with Gasteiger partial charge in [0.1, 0.15) is 0 Å². The predicted molar refractivity (Wildman–Crippen MR) is 125 cm³/mol. The molecule has 1 aliphatic rings. The van der Waals surface area contributed by atoms with Crippen LogP contribution in [0.4, 0.5) is 0 Å². The molecule has 0 saturated carbocycles. The van der Waals surface area contributed by atoms with E-state index in [1.54, 1.807) is 11.3 Å². The Balaban J connectivity index is 0.00000261. The highest BCUT2D eigenvalue weighted by molar-refractivity contribution is 14.0. The van der Waals surface area contributed by atoms with Gasteiger partial charge < -0.3 is 10.2 Å². The van der Waals surface area contributed by atoms with E-state index < -0.39 is 0 Å². The Kier molecular flexibility index (Phi) is 8.98. The first-order chi connectivity index (χ1) is 12.7. The van der Waals surface area contributed by atoms with Crippen molar-refractivity contribution in [3.63, 3.8) is 0 Å². The molecule has 0 aliphatic carbocycles. The van der Waals surface area contributed by atoms with Gasteiger partial charge in [-0.2, -0.15) is 0 Å². The fourth-order valence-corrected chi connectivity index (χ4v) is 3.97. The topological polar surface area (TPSA) is 43.8 Å². The number of thiazole rings is 1. The van der Waals surface area contributed by atoms with Crippen LogP contribution in [-0.2, 0) is 13.1 Å². The van der Waals surface area contributed by atoms with E-state index in [0.29, 0.717) is 5.92 Å². The van der Waals surface area contributed by atoms with E-state index in [2.05, 4.69) is 69.7 Å². The number of nitrogens with zero attached hydrogens (tertiary/aromatic N) is 4. The largest absolute Gasteiger partial charge is 0.351 e. The predicted octanol–water partition coefficient (Wildman–Crippen LogP) is 3.78. The highest BCUT2D eigenvalue weighted by Crippen LogP contribution is 2.19. The number of nitrogens with one attached hydrogen (secondary N) is 1. The van der Waals surface area contributed by atoms with Gasteiger partial charge in [-0.15, -0.1) is 35.3 Å². The average molecular weight is 499 g/mol. The molecular formula is C20H30IN5S. The van der Waals surface area contributed by atoms with Crippen LogP contribution in [0.3, 0.4) is 0 Å². The van der Waals surface area contributed by atoms with Crippen LogP contribution in [0.15, 0.2) is 40.7 Å². The Morgan fingerprint density at radius 1 is 1.19 bits per heavy atom. The zero-order valence-electron chi connectivity index (χ0n) is 16.4. The monoisotopic (exact) mass is 499 g/mol. The third kappa shape index (κ3) is 6.43. The van der Waals surface area contributed by atoms with Gasteiger partial charge in [-0.05, 0) is 5.56 Å². The van der Waals surface area contributed by atoms with Crippen LogP contribution in [0.5, 0.6) is 0 Å². The Hall–Kier alpha value is -1.19. The smallest absolute Gasteiger partial charge is 0.194 e. The van der Waals surface area contributed by atoms with Gasteiger partial charge in [0.15, 0.2) is 5.96 Å². The Morgan fingerprint density at radius 3 is 2.48 bits per heavy atom. The van der Waals surface area contributed by atoms with Crippen molar-refractivity contribution in [2.45, 2.75) is 32.9 Å². The fourth-order valence-electron chi connectivity index (χ4n) is 3.13. The van der Waals surface area contributed by atoms with Crippen LogP contribution in [0.25, 0.3) is 0 Å². The first-order valence-corrected chi connectivity index (χ1v) is 10.2. The minimum Gasteiger partial charge on any atom is -0.351 e. The second-order valence-electron chi connectivity index (χ2n) is 6.98. The van der Waals surface area contributed by atoms with E-state index in [9.17, 15) is 0 Å². The lowest BCUT2D eigenvalue weighted by Crippen LogP contribution is -2.52. The number of piperazine rings is 1. The van der Waals surface area contributed by atoms with E-state index in [1.807, 2.05) is 7.05 Å². The molecular weight excluding hydrogens is 469 g/mol. The molecule has 0 radical (unpaired) electrons. The summed E-state index contributed by atoms with van der Waals surface area (Å²) in [5.74, 6) is 1.47. The molecule has 148 valence electrons. The van der Waals surface area contributed by atoms with E-state index in [-0.39, 0.29) is 24.0 Å². The lowest BCUT2D eigenvalue weighted by Gasteiger charge is -2.36. The van der Waals surface area contributed by atoms with Crippen molar-refractivity contribution in [3.05, 3.63) is 52.0 Å². The molecule has 0 atom stereocenters. The Labute approximate surface area is 183 Å². The van der Waals surface area contributed by atoms with Gasteiger partial charge >= 0.3 is 0 Å². The maximum atomic E-state index is 4.69. The Bertz CT molecular complexity index is 708. The van der Waals surface area contributed by atoms with Gasteiger partial charge in [0.05, 0.1) is 17.2 Å². The molecule has 1 aliphatic heterocycles. The molecule has 2 heterocycles. The molecule has 1 aromatic carbocycles. The highest BCUT2D eigenvalue weighted by atomic mass is 127.